The van der Waals surface area contributed by atoms with Gasteiger partial charge in [-0.15, -0.1) is 0 Å². The van der Waals surface area contributed by atoms with Crippen molar-refractivity contribution >= 4 is 17.9 Å². The number of unbranched alkanes of at least 4 members (excludes halogenated alkanes) is 29. The van der Waals surface area contributed by atoms with E-state index >= 15 is 0 Å². The molecule has 0 aromatic heterocycles. The third kappa shape index (κ3) is 37.7. The predicted octanol–water partition coefficient (Wildman–Crippen LogP) is 13.7. The third-order valence-corrected chi connectivity index (χ3v) is 9.86. The van der Waals surface area contributed by atoms with Gasteiger partial charge >= 0.3 is 17.9 Å². The van der Waals surface area contributed by atoms with Gasteiger partial charge in [0.1, 0.15) is 13.2 Å². The normalized spacial score (nSPS) is 11.8. The summed E-state index contributed by atoms with van der Waals surface area (Å²) in [6.45, 7) is 6.62. The Morgan fingerprint density at radius 1 is 0.320 bits per heavy atom. The molecule has 6 nitrogen and oxygen atoms in total. The van der Waals surface area contributed by atoms with E-state index in [-0.39, 0.29) is 31.1 Å². The Labute approximate surface area is 310 Å². The molecule has 0 bridgehead atoms. The molecule has 0 aromatic carbocycles. The van der Waals surface area contributed by atoms with Crippen LogP contribution in [0.3, 0.4) is 0 Å². The van der Waals surface area contributed by atoms with Crippen LogP contribution in [0.15, 0.2) is 0 Å². The molecular formula is C44H84O6. The highest BCUT2D eigenvalue weighted by molar-refractivity contribution is 5.71. The fourth-order valence-electron chi connectivity index (χ4n) is 6.50. The molecule has 0 N–H and O–H groups in total. The molecule has 0 radical (unpaired) electrons. The number of hydrogen-bond acceptors (Lipinski definition) is 6. The molecule has 0 saturated carbocycles. The zero-order valence-corrected chi connectivity index (χ0v) is 33.7. The summed E-state index contributed by atoms with van der Waals surface area (Å²) in [5, 5.41) is 0. The Morgan fingerprint density at radius 3 is 0.800 bits per heavy atom. The second kappa shape index (κ2) is 40.2. The van der Waals surface area contributed by atoms with Gasteiger partial charge in [0.25, 0.3) is 0 Å². The van der Waals surface area contributed by atoms with Crippen molar-refractivity contribution in [2.75, 3.05) is 13.2 Å². The maximum Gasteiger partial charge on any atom is 0.306 e. The van der Waals surface area contributed by atoms with Gasteiger partial charge in [0.2, 0.25) is 0 Å². The van der Waals surface area contributed by atoms with Crippen LogP contribution in [0.4, 0.5) is 0 Å². The van der Waals surface area contributed by atoms with Gasteiger partial charge in [-0.25, -0.2) is 0 Å². The summed E-state index contributed by atoms with van der Waals surface area (Å²) in [6.07, 6.45) is 39.4. The highest BCUT2D eigenvalue weighted by atomic mass is 16.6. The Bertz CT molecular complexity index is 738. The van der Waals surface area contributed by atoms with Crippen LogP contribution in [-0.2, 0) is 28.6 Å². The van der Waals surface area contributed by atoms with E-state index < -0.39 is 6.10 Å². The molecule has 0 fully saturated rings. The first kappa shape index (κ1) is 48.4. The summed E-state index contributed by atoms with van der Waals surface area (Å²) in [5.41, 5.74) is 0. The van der Waals surface area contributed by atoms with E-state index in [4.69, 9.17) is 14.2 Å². The summed E-state index contributed by atoms with van der Waals surface area (Å²) in [7, 11) is 0. The maximum atomic E-state index is 12.7. The van der Waals surface area contributed by atoms with Crippen LogP contribution in [0, 0.1) is 0 Å². The van der Waals surface area contributed by atoms with Gasteiger partial charge in [-0.1, -0.05) is 207 Å². The van der Waals surface area contributed by atoms with Crippen molar-refractivity contribution in [3.8, 4) is 0 Å². The number of carbonyl (C=O) groups is 3. The van der Waals surface area contributed by atoms with E-state index in [2.05, 4.69) is 20.8 Å². The van der Waals surface area contributed by atoms with Crippen LogP contribution in [0.1, 0.15) is 245 Å². The molecular weight excluding hydrogens is 624 g/mol. The molecule has 0 rings (SSSR count). The van der Waals surface area contributed by atoms with Gasteiger partial charge in [0.15, 0.2) is 6.10 Å². The van der Waals surface area contributed by atoms with E-state index in [1.165, 1.54) is 148 Å². The monoisotopic (exact) mass is 709 g/mol. The summed E-state index contributed by atoms with van der Waals surface area (Å²) >= 11 is 0. The lowest BCUT2D eigenvalue weighted by Gasteiger charge is -2.18. The van der Waals surface area contributed by atoms with Gasteiger partial charge in [0, 0.05) is 19.3 Å². The molecule has 0 spiro atoms. The molecule has 1 atom stereocenters. The van der Waals surface area contributed by atoms with Crippen LogP contribution < -0.4 is 0 Å². The molecule has 6 heteroatoms. The average Bonchev–Trinajstić information content (AvgIpc) is 3.11. The molecule has 296 valence electrons. The topological polar surface area (TPSA) is 78.9 Å². The lowest BCUT2D eigenvalue weighted by molar-refractivity contribution is -0.167. The van der Waals surface area contributed by atoms with Crippen molar-refractivity contribution in [3.05, 3.63) is 0 Å². The molecule has 0 amide bonds. The second-order valence-electron chi connectivity index (χ2n) is 15.0. The Balaban J connectivity index is 4.32. The summed E-state index contributed by atoms with van der Waals surface area (Å²) in [5.74, 6) is -0.857. The zero-order valence-electron chi connectivity index (χ0n) is 33.7. The largest absolute Gasteiger partial charge is 0.462 e. The molecule has 50 heavy (non-hydrogen) atoms. The lowest BCUT2D eigenvalue weighted by Crippen LogP contribution is -2.30. The van der Waals surface area contributed by atoms with E-state index in [0.29, 0.717) is 19.3 Å². The number of esters is 3. The number of rotatable bonds is 40. The van der Waals surface area contributed by atoms with Crippen LogP contribution in [0.25, 0.3) is 0 Å². The van der Waals surface area contributed by atoms with Crippen LogP contribution in [0.5, 0.6) is 0 Å². The van der Waals surface area contributed by atoms with Crippen molar-refractivity contribution in [2.45, 2.75) is 252 Å². The van der Waals surface area contributed by atoms with Crippen molar-refractivity contribution in [3.63, 3.8) is 0 Å². The fourth-order valence-corrected chi connectivity index (χ4v) is 6.50. The highest BCUT2D eigenvalue weighted by Crippen LogP contribution is 2.15. The SMILES string of the molecule is CCCCCCCCCCCCCCC(=O)OCC(COC(=O)CCCCCCCCCCC)OC(=O)CCCCCCCCCCCCC. The minimum atomic E-state index is -0.756. The lowest BCUT2D eigenvalue weighted by atomic mass is 10.0. The summed E-state index contributed by atoms with van der Waals surface area (Å²) in [6, 6.07) is 0. The first-order chi connectivity index (χ1) is 24.5. The molecule has 0 aliphatic carbocycles. The Kier molecular flexibility index (Phi) is 38.9. The molecule has 0 aliphatic heterocycles. The third-order valence-electron chi connectivity index (χ3n) is 9.86. The molecule has 0 saturated heterocycles. The van der Waals surface area contributed by atoms with Crippen LogP contribution in [0.2, 0.25) is 0 Å². The van der Waals surface area contributed by atoms with Gasteiger partial charge in [-0.3, -0.25) is 14.4 Å². The predicted molar refractivity (Wildman–Crippen MR) is 210 cm³/mol. The van der Waals surface area contributed by atoms with Crippen molar-refractivity contribution in [2.24, 2.45) is 0 Å². The summed E-state index contributed by atoms with van der Waals surface area (Å²) in [4.78, 5) is 37.6. The first-order valence-corrected chi connectivity index (χ1v) is 22.0. The number of ether oxygens (including phenoxy) is 3. The molecule has 0 aromatic rings. The van der Waals surface area contributed by atoms with Crippen molar-refractivity contribution in [1.82, 2.24) is 0 Å². The van der Waals surface area contributed by atoms with Gasteiger partial charge in [0.05, 0.1) is 0 Å². The first-order valence-electron chi connectivity index (χ1n) is 22.0. The van der Waals surface area contributed by atoms with E-state index in [1.54, 1.807) is 0 Å². The zero-order chi connectivity index (χ0) is 36.6. The molecule has 0 heterocycles. The van der Waals surface area contributed by atoms with E-state index in [1.807, 2.05) is 0 Å². The van der Waals surface area contributed by atoms with E-state index in [9.17, 15) is 14.4 Å². The smallest absolute Gasteiger partial charge is 0.306 e. The van der Waals surface area contributed by atoms with E-state index in [0.717, 1.165) is 57.8 Å². The van der Waals surface area contributed by atoms with Gasteiger partial charge < -0.3 is 14.2 Å². The van der Waals surface area contributed by atoms with Crippen LogP contribution in [-0.4, -0.2) is 37.2 Å². The molecule has 0 aliphatic rings. The standard InChI is InChI=1S/C44H84O6/c1-4-7-10-13-16-19-21-23-25-28-31-34-37-43(46)49-40-41(39-48-42(45)36-33-30-27-24-18-15-12-9-6-3)50-44(47)38-35-32-29-26-22-20-17-14-11-8-5-2/h41H,4-40H2,1-3H3. The Morgan fingerprint density at radius 2 is 0.540 bits per heavy atom. The minimum Gasteiger partial charge on any atom is -0.462 e. The van der Waals surface area contributed by atoms with Gasteiger partial charge in [-0.05, 0) is 19.3 Å². The minimum absolute atomic E-state index is 0.0631. The van der Waals surface area contributed by atoms with Crippen molar-refractivity contribution in [1.29, 1.82) is 0 Å². The average molecular weight is 709 g/mol. The maximum absolute atomic E-state index is 12.7. The van der Waals surface area contributed by atoms with Crippen molar-refractivity contribution < 1.29 is 28.6 Å². The van der Waals surface area contributed by atoms with Gasteiger partial charge in [-0.2, -0.15) is 0 Å². The fraction of sp³-hybridized carbons (Fsp3) is 0.932. The Hall–Kier alpha value is -1.59. The van der Waals surface area contributed by atoms with Crippen LogP contribution >= 0.6 is 0 Å². The summed E-state index contributed by atoms with van der Waals surface area (Å²) < 4.78 is 16.7. The highest BCUT2D eigenvalue weighted by Gasteiger charge is 2.19. The quantitative estimate of drug-likeness (QED) is 0.0358. The number of hydrogen-bond donors (Lipinski definition) is 0. The number of carbonyl (C=O) groups excluding carboxylic acids is 3. The second-order valence-corrected chi connectivity index (χ2v) is 15.0. The molecule has 1 unspecified atom stereocenters.